The molecule has 48 heavy (non-hydrogen) atoms. The van der Waals surface area contributed by atoms with Crippen LogP contribution < -0.4 is 0 Å². The van der Waals surface area contributed by atoms with Gasteiger partial charge in [0, 0.05) is 58.4 Å². The molecule has 0 amide bonds. The fourth-order valence-corrected chi connectivity index (χ4v) is 9.73. The van der Waals surface area contributed by atoms with Crippen molar-refractivity contribution in [2.45, 2.75) is 19.3 Å². The van der Waals surface area contributed by atoms with E-state index in [1.54, 1.807) is 0 Å². The predicted molar refractivity (Wildman–Crippen MR) is 204 cm³/mol. The van der Waals surface area contributed by atoms with Crippen molar-refractivity contribution in [1.29, 1.82) is 0 Å². The Morgan fingerprint density at radius 1 is 0.521 bits per heavy atom. The van der Waals surface area contributed by atoms with Gasteiger partial charge in [-0.15, -0.1) is 11.3 Å². The summed E-state index contributed by atoms with van der Waals surface area (Å²) < 4.78 is 11.3. The van der Waals surface area contributed by atoms with Crippen molar-refractivity contribution < 1.29 is 4.42 Å². The van der Waals surface area contributed by atoms with Crippen molar-refractivity contribution in [2.24, 2.45) is 0 Å². The van der Waals surface area contributed by atoms with E-state index in [9.17, 15) is 0 Å². The van der Waals surface area contributed by atoms with E-state index in [1.807, 2.05) is 23.5 Å². The Balaban J connectivity index is 1.10. The third-order valence-electron chi connectivity index (χ3n) is 10.8. The highest BCUT2D eigenvalue weighted by molar-refractivity contribution is 7.26. The molecular weight excluding hydrogens is 603 g/mol. The molecule has 11 rings (SSSR count). The first kappa shape index (κ1) is 26.4. The number of thiophene rings is 1. The van der Waals surface area contributed by atoms with Crippen LogP contribution in [-0.2, 0) is 5.41 Å². The molecule has 3 aromatic heterocycles. The van der Waals surface area contributed by atoms with Gasteiger partial charge in [0.15, 0.2) is 0 Å². The molecule has 0 spiro atoms. The molecule has 0 saturated carbocycles. The summed E-state index contributed by atoms with van der Waals surface area (Å²) in [5.74, 6) is 0. The Labute approximate surface area is 281 Å². The van der Waals surface area contributed by atoms with Gasteiger partial charge in [-0.2, -0.15) is 0 Å². The number of hydrogen-bond acceptors (Lipinski definition) is 2. The number of nitrogens with zero attached hydrogens (tertiary/aromatic N) is 1. The van der Waals surface area contributed by atoms with Gasteiger partial charge >= 0.3 is 0 Å². The first-order valence-corrected chi connectivity index (χ1v) is 17.4. The third-order valence-corrected chi connectivity index (χ3v) is 12.0. The standard InChI is InChI=1S/C45H29NOS/c1-45(2)36-20-19-32-31-11-5-8-14-42(31)48-44(32)43(36)33-18-17-28(25-37(33)45)46-38-12-6-3-9-29(38)34-23-26(15-21-39(34)46)27-16-22-41-35(24-27)30-10-4-7-13-40(30)47-41/h3-25H,1-2H3. The lowest BCUT2D eigenvalue weighted by molar-refractivity contribution is 0.660. The highest BCUT2D eigenvalue weighted by Crippen LogP contribution is 2.54. The summed E-state index contributed by atoms with van der Waals surface area (Å²) in [6.07, 6.45) is 0. The first-order valence-electron chi connectivity index (χ1n) is 16.6. The van der Waals surface area contributed by atoms with E-state index < -0.39 is 0 Å². The van der Waals surface area contributed by atoms with Crippen LogP contribution in [-0.4, -0.2) is 4.57 Å². The van der Waals surface area contributed by atoms with Gasteiger partial charge in [-0.3, -0.25) is 0 Å². The lowest BCUT2D eigenvalue weighted by Gasteiger charge is -2.22. The molecular formula is C45H29NOS. The first-order chi connectivity index (χ1) is 23.5. The molecule has 2 nitrogen and oxygen atoms in total. The lowest BCUT2D eigenvalue weighted by atomic mass is 9.82. The summed E-state index contributed by atoms with van der Waals surface area (Å²) in [7, 11) is 0. The topological polar surface area (TPSA) is 18.1 Å². The lowest BCUT2D eigenvalue weighted by Crippen LogP contribution is -2.15. The maximum absolute atomic E-state index is 6.12. The number of rotatable bonds is 2. The monoisotopic (exact) mass is 631 g/mol. The van der Waals surface area contributed by atoms with Crippen LogP contribution in [0.3, 0.4) is 0 Å². The fourth-order valence-electron chi connectivity index (χ4n) is 8.46. The molecule has 0 N–H and O–H groups in total. The van der Waals surface area contributed by atoms with Gasteiger partial charge in [-0.25, -0.2) is 0 Å². The van der Waals surface area contributed by atoms with Gasteiger partial charge in [0.1, 0.15) is 11.2 Å². The second-order valence-corrected chi connectivity index (χ2v) is 14.8. The molecule has 3 heterocycles. The van der Waals surface area contributed by atoms with E-state index in [-0.39, 0.29) is 5.41 Å². The number of aromatic nitrogens is 1. The van der Waals surface area contributed by atoms with E-state index >= 15 is 0 Å². The van der Waals surface area contributed by atoms with E-state index in [4.69, 9.17) is 4.42 Å². The van der Waals surface area contributed by atoms with Crippen molar-refractivity contribution in [1.82, 2.24) is 4.57 Å². The van der Waals surface area contributed by atoms with Gasteiger partial charge in [-0.1, -0.05) is 98.8 Å². The molecule has 10 aromatic rings. The minimum Gasteiger partial charge on any atom is -0.456 e. The van der Waals surface area contributed by atoms with Crippen molar-refractivity contribution in [2.75, 3.05) is 0 Å². The molecule has 0 atom stereocenters. The largest absolute Gasteiger partial charge is 0.456 e. The highest BCUT2D eigenvalue weighted by Gasteiger charge is 2.37. The second-order valence-electron chi connectivity index (χ2n) is 13.7. The Hall–Kier alpha value is -5.64. The molecule has 1 aliphatic rings. The Morgan fingerprint density at radius 2 is 1.23 bits per heavy atom. The SMILES string of the molecule is CC1(C)c2cc(-n3c4ccccc4c4cc(-c5ccc6oc7ccccc7c6c5)ccc43)ccc2-c2c1ccc1c2sc2ccccc21. The molecule has 3 heteroatoms. The van der Waals surface area contributed by atoms with Crippen LogP contribution in [0.15, 0.2) is 144 Å². The molecule has 0 saturated heterocycles. The summed E-state index contributed by atoms with van der Waals surface area (Å²) in [4.78, 5) is 0. The zero-order valence-electron chi connectivity index (χ0n) is 26.5. The van der Waals surface area contributed by atoms with E-state index in [0.717, 1.165) is 21.9 Å². The minimum atomic E-state index is -0.104. The van der Waals surface area contributed by atoms with Crippen LogP contribution in [0.25, 0.3) is 91.9 Å². The number of fused-ring (bicyclic) bond motifs is 13. The molecule has 7 aromatic carbocycles. The Morgan fingerprint density at radius 3 is 2.12 bits per heavy atom. The normalized spacial score (nSPS) is 13.8. The summed E-state index contributed by atoms with van der Waals surface area (Å²) in [5, 5.41) is 7.54. The summed E-state index contributed by atoms with van der Waals surface area (Å²) in [6, 6.07) is 51.3. The van der Waals surface area contributed by atoms with Crippen LogP contribution in [0, 0.1) is 0 Å². The van der Waals surface area contributed by atoms with Crippen LogP contribution >= 0.6 is 11.3 Å². The summed E-state index contributed by atoms with van der Waals surface area (Å²) in [5.41, 5.74) is 13.4. The van der Waals surface area contributed by atoms with E-state index in [0.29, 0.717) is 0 Å². The molecule has 0 radical (unpaired) electrons. The third kappa shape index (κ3) is 3.41. The Bertz CT molecular complexity index is 2990. The zero-order valence-corrected chi connectivity index (χ0v) is 27.4. The summed E-state index contributed by atoms with van der Waals surface area (Å²) in [6.45, 7) is 4.78. The quantitative estimate of drug-likeness (QED) is 0.186. The molecule has 0 aliphatic heterocycles. The van der Waals surface area contributed by atoms with Crippen LogP contribution in [0.4, 0.5) is 0 Å². The molecule has 226 valence electrons. The minimum absolute atomic E-state index is 0.104. The summed E-state index contributed by atoms with van der Waals surface area (Å²) >= 11 is 1.93. The zero-order chi connectivity index (χ0) is 31.7. The maximum Gasteiger partial charge on any atom is 0.135 e. The maximum atomic E-state index is 6.12. The fraction of sp³-hybridized carbons (Fsp3) is 0.0667. The van der Waals surface area contributed by atoms with Gasteiger partial charge in [0.2, 0.25) is 0 Å². The number of furan rings is 1. The van der Waals surface area contributed by atoms with Crippen molar-refractivity contribution in [3.63, 3.8) is 0 Å². The highest BCUT2D eigenvalue weighted by atomic mass is 32.1. The molecule has 1 aliphatic carbocycles. The number of hydrogen-bond donors (Lipinski definition) is 0. The van der Waals surface area contributed by atoms with Crippen LogP contribution in [0.1, 0.15) is 25.0 Å². The van der Waals surface area contributed by atoms with Gasteiger partial charge < -0.3 is 8.98 Å². The van der Waals surface area contributed by atoms with Crippen LogP contribution in [0.2, 0.25) is 0 Å². The van der Waals surface area contributed by atoms with Crippen molar-refractivity contribution in [3.8, 4) is 27.9 Å². The average Bonchev–Trinajstić information content (AvgIpc) is 3.84. The molecule has 0 bridgehead atoms. The number of para-hydroxylation sites is 2. The molecule has 0 fully saturated rings. The predicted octanol–water partition coefficient (Wildman–Crippen LogP) is 13.0. The van der Waals surface area contributed by atoms with E-state index in [1.165, 1.54) is 81.0 Å². The van der Waals surface area contributed by atoms with Gasteiger partial charge in [-0.05, 0) is 82.4 Å². The van der Waals surface area contributed by atoms with E-state index in [2.05, 4.69) is 146 Å². The van der Waals surface area contributed by atoms with Crippen LogP contribution in [0.5, 0.6) is 0 Å². The van der Waals surface area contributed by atoms with Gasteiger partial charge in [0.25, 0.3) is 0 Å². The Kier molecular flexibility index (Phi) is 5.09. The number of benzene rings is 7. The molecule has 0 unspecified atom stereocenters. The van der Waals surface area contributed by atoms with Crippen molar-refractivity contribution >= 4 is 75.3 Å². The second kappa shape index (κ2) is 9.25. The smallest absolute Gasteiger partial charge is 0.135 e. The van der Waals surface area contributed by atoms with Gasteiger partial charge in [0.05, 0.1) is 11.0 Å². The van der Waals surface area contributed by atoms with Crippen molar-refractivity contribution in [3.05, 3.63) is 151 Å². The average molecular weight is 632 g/mol.